The Balaban J connectivity index is 1.43. The van der Waals surface area contributed by atoms with Gasteiger partial charge in [-0.2, -0.15) is 0 Å². The molecular formula is C43H27NO. The van der Waals surface area contributed by atoms with E-state index in [4.69, 9.17) is 4.74 Å². The molecule has 0 saturated carbocycles. The zero-order chi connectivity index (χ0) is 29.5. The zero-order valence-electron chi connectivity index (χ0n) is 24.4. The molecule has 0 bridgehead atoms. The summed E-state index contributed by atoms with van der Waals surface area (Å²) >= 11 is 0. The molecule has 2 heterocycles. The molecule has 2 aliphatic rings. The summed E-state index contributed by atoms with van der Waals surface area (Å²) in [4.78, 5) is 0. The van der Waals surface area contributed by atoms with Gasteiger partial charge in [0.2, 0.25) is 0 Å². The Kier molecular flexibility index (Phi) is 4.95. The van der Waals surface area contributed by atoms with Gasteiger partial charge in [0.1, 0.15) is 11.5 Å². The van der Waals surface area contributed by atoms with Crippen LogP contribution in [0.25, 0.3) is 49.7 Å². The van der Waals surface area contributed by atoms with E-state index in [2.05, 4.69) is 168 Å². The van der Waals surface area contributed by atoms with Gasteiger partial charge in [0.15, 0.2) is 0 Å². The van der Waals surface area contributed by atoms with Gasteiger partial charge in [0.05, 0.1) is 16.4 Å². The van der Waals surface area contributed by atoms with E-state index in [1.807, 2.05) is 0 Å². The maximum atomic E-state index is 6.75. The van der Waals surface area contributed by atoms with E-state index in [0.29, 0.717) is 0 Å². The number of aromatic nitrogens is 1. The third-order valence-corrected chi connectivity index (χ3v) is 9.85. The standard InChI is InChI=1S/C43H27NO/c1-3-13-28(14-4-1)29-23-26-40-36(27-29)43(35-20-10-12-22-39(35)45-40)34-19-9-7-17-31(34)32-24-25-38-41(42(32)43)33-18-8-11-21-37(33)44(38)30-15-5-2-6-16-30/h1-27H. The fraction of sp³-hybridized carbons (Fsp3) is 0.0233. The number of hydrogen-bond donors (Lipinski definition) is 0. The van der Waals surface area contributed by atoms with Crippen LogP contribution in [0.4, 0.5) is 0 Å². The van der Waals surface area contributed by atoms with Crippen molar-refractivity contribution < 1.29 is 4.74 Å². The SMILES string of the molecule is c1ccc(-c2ccc3c(c2)C2(c4ccccc4O3)c3ccccc3-c3ccc4c(c32)c2ccccc2n4-c2ccccc2)cc1. The van der Waals surface area contributed by atoms with Crippen LogP contribution in [0.2, 0.25) is 0 Å². The highest BCUT2D eigenvalue weighted by atomic mass is 16.5. The molecule has 10 rings (SSSR count). The maximum absolute atomic E-state index is 6.75. The van der Waals surface area contributed by atoms with Gasteiger partial charge in [-0.15, -0.1) is 0 Å². The Morgan fingerprint density at radius 3 is 2.00 bits per heavy atom. The van der Waals surface area contributed by atoms with E-state index in [-0.39, 0.29) is 0 Å². The molecular weight excluding hydrogens is 546 g/mol. The quantitative estimate of drug-likeness (QED) is 0.201. The van der Waals surface area contributed by atoms with Crippen LogP contribution in [0.1, 0.15) is 22.3 Å². The van der Waals surface area contributed by atoms with Crippen LogP contribution in [0.3, 0.4) is 0 Å². The predicted octanol–water partition coefficient (Wildman–Crippen LogP) is 10.9. The largest absolute Gasteiger partial charge is 0.457 e. The van der Waals surface area contributed by atoms with Gasteiger partial charge in [0, 0.05) is 27.6 Å². The van der Waals surface area contributed by atoms with Crippen molar-refractivity contribution in [3.63, 3.8) is 0 Å². The van der Waals surface area contributed by atoms with Crippen molar-refractivity contribution in [1.29, 1.82) is 0 Å². The molecule has 7 aromatic carbocycles. The van der Waals surface area contributed by atoms with Gasteiger partial charge in [-0.25, -0.2) is 0 Å². The lowest BCUT2D eigenvalue weighted by atomic mass is 9.65. The normalized spacial score (nSPS) is 15.8. The molecule has 0 N–H and O–H groups in total. The Morgan fingerprint density at radius 1 is 0.444 bits per heavy atom. The van der Waals surface area contributed by atoms with E-state index < -0.39 is 5.41 Å². The van der Waals surface area contributed by atoms with Gasteiger partial charge in [-0.1, -0.05) is 121 Å². The minimum Gasteiger partial charge on any atom is -0.457 e. The molecule has 210 valence electrons. The zero-order valence-corrected chi connectivity index (χ0v) is 24.4. The number of rotatable bonds is 2. The molecule has 1 aliphatic heterocycles. The molecule has 0 radical (unpaired) electrons. The Morgan fingerprint density at radius 2 is 1.13 bits per heavy atom. The molecule has 1 spiro atoms. The molecule has 8 aromatic rings. The lowest BCUT2D eigenvalue weighted by molar-refractivity contribution is 0.437. The van der Waals surface area contributed by atoms with Crippen molar-refractivity contribution in [3.05, 3.63) is 186 Å². The molecule has 0 amide bonds. The topological polar surface area (TPSA) is 14.2 Å². The van der Waals surface area contributed by atoms with Crippen molar-refractivity contribution in [1.82, 2.24) is 4.57 Å². The highest BCUT2D eigenvalue weighted by molar-refractivity contribution is 6.15. The van der Waals surface area contributed by atoms with Crippen molar-refractivity contribution in [2.75, 3.05) is 0 Å². The molecule has 2 heteroatoms. The van der Waals surface area contributed by atoms with Gasteiger partial charge >= 0.3 is 0 Å². The third kappa shape index (κ3) is 3.18. The van der Waals surface area contributed by atoms with Crippen LogP contribution in [0, 0.1) is 0 Å². The summed E-state index contributed by atoms with van der Waals surface area (Å²) in [6, 6.07) is 59.3. The highest BCUT2D eigenvalue weighted by Gasteiger charge is 2.52. The van der Waals surface area contributed by atoms with E-state index in [9.17, 15) is 0 Å². The number of fused-ring (bicyclic) bond motifs is 13. The Bertz CT molecular complexity index is 2460. The van der Waals surface area contributed by atoms with Crippen LogP contribution < -0.4 is 4.74 Å². The lowest BCUT2D eigenvalue weighted by Gasteiger charge is -2.40. The Hall–Kier alpha value is -5.86. The fourth-order valence-electron chi connectivity index (χ4n) is 8.12. The van der Waals surface area contributed by atoms with Gasteiger partial charge < -0.3 is 9.30 Å². The van der Waals surface area contributed by atoms with E-state index in [1.54, 1.807) is 0 Å². The van der Waals surface area contributed by atoms with Crippen LogP contribution in [-0.4, -0.2) is 4.57 Å². The summed E-state index contributed by atoms with van der Waals surface area (Å²) in [5.41, 5.74) is 12.9. The maximum Gasteiger partial charge on any atom is 0.132 e. The van der Waals surface area contributed by atoms with Gasteiger partial charge in [-0.05, 0) is 75.8 Å². The highest BCUT2D eigenvalue weighted by Crippen LogP contribution is 2.64. The molecule has 0 saturated heterocycles. The van der Waals surface area contributed by atoms with Gasteiger partial charge in [-0.3, -0.25) is 0 Å². The molecule has 1 aliphatic carbocycles. The molecule has 0 fully saturated rings. The lowest BCUT2D eigenvalue weighted by Crippen LogP contribution is -2.32. The van der Waals surface area contributed by atoms with E-state index in [0.717, 1.165) is 17.2 Å². The van der Waals surface area contributed by atoms with E-state index >= 15 is 0 Å². The summed E-state index contributed by atoms with van der Waals surface area (Å²) in [6.07, 6.45) is 0. The van der Waals surface area contributed by atoms with Crippen molar-refractivity contribution in [2.45, 2.75) is 5.41 Å². The first kappa shape index (κ1) is 24.6. The number of ether oxygens (including phenoxy) is 1. The molecule has 1 aromatic heterocycles. The van der Waals surface area contributed by atoms with E-state index in [1.165, 1.54) is 66.3 Å². The molecule has 1 atom stereocenters. The summed E-state index contributed by atoms with van der Waals surface area (Å²) in [5, 5.41) is 2.54. The second-order valence-electron chi connectivity index (χ2n) is 12.0. The number of nitrogens with zero attached hydrogens (tertiary/aromatic N) is 1. The molecule has 2 nitrogen and oxygen atoms in total. The van der Waals surface area contributed by atoms with Crippen LogP contribution in [0.5, 0.6) is 11.5 Å². The van der Waals surface area contributed by atoms with Crippen LogP contribution in [-0.2, 0) is 5.41 Å². The van der Waals surface area contributed by atoms with Crippen LogP contribution in [0.15, 0.2) is 164 Å². The average Bonchev–Trinajstić information content (AvgIpc) is 3.60. The van der Waals surface area contributed by atoms with Gasteiger partial charge in [0.25, 0.3) is 0 Å². The van der Waals surface area contributed by atoms with Crippen molar-refractivity contribution in [3.8, 4) is 39.4 Å². The first-order chi connectivity index (χ1) is 22.3. The monoisotopic (exact) mass is 573 g/mol. The first-order valence-corrected chi connectivity index (χ1v) is 15.5. The summed E-state index contributed by atoms with van der Waals surface area (Å²) in [7, 11) is 0. The molecule has 1 unspecified atom stereocenters. The molecule has 45 heavy (non-hydrogen) atoms. The minimum atomic E-state index is -0.577. The van der Waals surface area contributed by atoms with Crippen molar-refractivity contribution >= 4 is 21.8 Å². The number of para-hydroxylation sites is 3. The predicted molar refractivity (Wildman–Crippen MR) is 184 cm³/mol. The Labute approximate surface area is 261 Å². The second kappa shape index (κ2) is 9.07. The fourth-order valence-corrected chi connectivity index (χ4v) is 8.12. The first-order valence-electron chi connectivity index (χ1n) is 15.5. The minimum absolute atomic E-state index is 0.577. The number of benzene rings is 7. The van der Waals surface area contributed by atoms with Crippen molar-refractivity contribution in [2.24, 2.45) is 0 Å². The number of hydrogen-bond acceptors (Lipinski definition) is 1. The third-order valence-electron chi connectivity index (χ3n) is 9.85. The van der Waals surface area contributed by atoms with Crippen LogP contribution >= 0.6 is 0 Å². The summed E-state index contributed by atoms with van der Waals surface area (Å²) in [5.74, 6) is 1.81. The smallest absolute Gasteiger partial charge is 0.132 e. The average molecular weight is 574 g/mol. The second-order valence-corrected chi connectivity index (χ2v) is 12.0. The summed E-state index contributed by atoms with van der Waals surface area (Å²) in [6.45, 7) is 0. The summed E-state index contributed by atoms with van der Waals surface area (Å²) < 4.78 is 9.18.